The van der Waals surface area contributed by atoms with Crippen LogP contribution in [0.15, 0.2) is 35.6 Å². The molecule has 0 saturated heterocycles. The van der Waals surface area contributed by atoms with E-state index in [1.165, 1.54) is 30.1 Å². The Balaban J connectivity index is 1.66. The summed E-state index contributed by atoms with van der Waals surface area (Å²) in [5.41, 5.74) is 2.28. The number of imidazole rings is 1. The maximum Gasteiger partial charge on any atom is 0.271 e. The molecule has 3 aromatic rings. The van der Waals surface area contributed by atoms with Gasteiger partial charge in [0.1, 0.15) is 0 Å². The lowest BCUT2D eigenvalue weighted by atomic mass is 10.2. The van der Waals surface area contributed by atoms with Gasteiger partial charge in [0.2, 0.25) is 5.91 Å². The minimum absolute atomic E-state index is 0.0752. The predicted octanol–water partition coefficient (Wildman–Crippen LogP) is 3.56. The fourth-order valence-electron chi connectivity index (χ4n) is 2.10. The van der Waals surface area contributed by atoms with Gasteiger partial charge in [0.25, 0.3) is 5.69 Å². The number of nitro groups is 1. The molecule has 2 N–H and O–H groups in total. The number of pyridine rings is 1. The summed E-state index contributed by atoms with van der Waals surface area (Å²) in [7, 11) is 0. The van der Waals surface area contributed by atoms with E-state index in [-0.39, 0.29) is 17.3 Å². The molecular weight excluding hydrogens is 366 g/mol. The molecule has 0 radical (unpaired) electrons. The number of amides is 1. The number of hydrogen-bond acceptors (Lipinski definition) is 6. The van der Waals surface area contributed by atoms with Crippen molar-refractivity contribution in [2.75, 3.05) is 11.1 Å². The number of carbonyl (C=O) groups is 1. The number of thioether (sulfide) groups is 1. The van der Waals surface area contributed by atoms with Crippen molar-refractivity contribution >= 4 is 51.8 Å². The second kappa shape index (κ2) is 7.08. The number of fused-ring (bicyclic) bond motifs is 1. The zero-order valence-corrected chi connectivity index (χ0v) is 14.5. The van der Waals surface area contributed by atoms with Gasteiger partial charge in [-0.3, -0.25) is 14.9 Å². The standard InChI is InChI=1S/C15H12ClN5O3S/c1-8-2-3-10(21(23)24)5-11(8)18-13(22)7-25-15-19-12-4-9(16)6-17-14(12)20-15/h2-6H,7H2,1H3,(H,18,22)(H,17,19,20). The van der Waals surface area contributed by atoms with Crippen molar-refractivity contribution in [1.82, 2.24) is 15.0 Å². The lowest BCUT2D eigenvalue weighted by molar-refractivity contribution is -0.384. The molecule has 0 bridgehead atoms. The van der Waals surface area contributed by atoms with Crippen molar-refractivity contribution in [2.24, 2.45) is 0 Å². The molecule has 0 saturated carbocycles. The lowest BCUT2D eigenvalue weighted by Gasteiger charge is -2.07. The Kier molecular flexibility index (Phi) is 4.86. The average molecular weight is 378 g/mol. The van der Waals surface area contributed by atoms with E-state index in [4.69, 9.17) is 11.6 Å². The van der Waals surface area contributed by atoms with E-state index in [9.17, 15) is 14.9 Å². The fourth-order valence-corrected chi connectivity index (χ4v) is 2.93. The third-order valence-corrected chi connectivity index (χ3v) is 4.41. The molecule has 25 heavy (non-hydrogen) atoms. The smallest absolute Gasteiger partial charge is 0.271 e. The van der Waals surface area contributed by atoms with Crippen molar-refractivity contribution in [2.45, 2.75) is 12.1 Å². The van der Waals surface area contributed by atoms with Gasteiger partial charge < -0.3 is 10.3 Å². The molecule has 0 aliphatic carbocycles. The van der Waals surface area contributed by atoms with Gasteiger partial charge in [-0.25, -0.2) is 9.97 Å². The van der Waals surface area contributed by atoms with Crippen LogP contribution in [0.1, 0.15) is 5.56 Å². The SMILES string of the molecule is Cc1ccc([N+](=O)[O-])cc1NC(=O)CSc1nc2ncc(Cl)cc2[nH]1. The Bertz CT molecular complexity index is 975. The van der Waals surface area contributed by atoms with E-state index in [1.807, 2.05) is 0 Å². The molecule has 2 aromatic heterocycles. The van der Waals surface area contributed by atoms with E-state index in [0.717, 1.165) is 5.56 Å². The maximum atomic E-state index is 12.1. The van der Waals surface area contributed by atoms with Crippen LogP contribution in [-0.4, -0.2) is 31.5 Å². The maximum absolute atomic E-state index is 12.1. The number of nitrogens with zero attached hydrogens (tertiary/aromatic N) is 3. The molecule has 0 fully saturated rings. The van der Waals surface area contributed by atoms with E-state index in [0.29, 0.717) is 27.0 Å². The number of nitro benzene ring substituents is 1. The number of H-pyrrole nitrogens is 1. The van der Waals surface area contributed by atoms with Crippen molar-refractivity contribution in [1.29, 1.82) is 0 Å². The molecule has 8 nitrogen and oxygen atoms in total. The summed E-state index contributed by atoms with van der Waals surface area (Å²) >= 11 is 7.07. The van der Waals surface area contributed by atoms with Gasteiger partial charge in [0.05, 0.1) is 26.9 Å². The van der Waals surface area contributed by atoms with Crippen LogP contribution in [0.25, 0.3) is 11.2 Å². The second-order valence-electron chi connectivity index (χ2n) is 5.16. The third kappa shape index (κ3) is 4.06. The summed E-state index contributed by atoms with van der Waals surface area (Å²) in [6, 6.07) is 6.03. The molecule has 10 heteroatoms. The second-order valence-corrected chi connectivity index (χ2v) is 6.56. The van der Waals surface area contributed by atoms with Crippen LogP contribution in [0.2, 0.25) is 5.02 Å². The fraction of sp³-hybridized carbons (Fsp3) is 0.133. The van der Waals surface area contributed by atoms with Crippen molar-refractivity contribution in [3.05, 3.63) is 51.2 Å². The monoisotopic (exact) mass is 377 g/mol. The van der Waals surface area contributed by atoms with Crippen LogP contribution in [0.3, 0.4) is 0 Å². The molecular formula is C15H12ClN5O3S. The molecule has 0 aliphatic rings. The van der Waals surface area contributed by atoms with Gasteiger partial charge >= 0.3 is 0 Å². The quantitative estimate of drug-likeness (QED) is 0.399. The largest absolute Gasteiger partial charge is 0.331 e. The number of hydrogen-bond donors (Lipinski definition) is 2. The van der Waals surface area contributed by atoms with Gasteiger partial charge in [0.15, 0.2) is 10.8 Å². The molecule has 3 rings (SSSR count). The predicted molar refractivity (Wildman–Crippen MR) is 96.1 cm³/mol. The topological polar surface area (TPSA) is 114 Å². The number of halogens is 1. The van der Waals surface area contributed by atoms with Crippen LogP contribution >= 0.6 is 23.4 Å². The van der Waals surface area contributed by atoms with Crippen LogP contribution < -0.4 is 5.32 Å². The summed E-state index contributed by atoms with van der Waals surface area (Å²) in [5, 5.41) is 14.5. The Morgan fingerprint density at radius 3 is 3.00 bits per heavy atom. The van der Waals surface area contributed by atoms with E-state index in [1.54, 1.807) is 19.1 Å². The minimum atomic E-state index is -0.504. The Labute approximate surface area is 151 Å². The molecule has 0 unspecified atom stereocenters. The minimum Gasteiger partial charge on any atom is -0.331 e. The molecule has 1 aromatic carbocycles. The number of rotatable bonds is 5. The van der Waals surface area contributed by atoms with Crippen LogP contribution in [0, 0.1) is 17.0 Å². The Hall–Kier alpha value is -2.65. The summed E-state index contributed by atoms with van der Waals surface area (Å²) in [4.78, 5) is 33.8. The first-order chi connectivity index (χ1) is 11.9. The van der Waals surface area contributed by atoms with Crippen LogP contribution in [0.5, 0.6) is 0 Å². The number of nitrogens with one attached hydrogen (secondary N) is 2. The van der Waals surface area contributed by atoms with Crippen molar-refractivity contribution in [3.8, 4) is 0 Å². The highest BCUT2D eigenvalue weighted by molar-refractivity contribution is 7.99. The first-order valence-electron chi connectivity index (χ1n) is 7.11. The van der Waals surface area contributed by atoms with Gasteiger partial charge in [-0.2, -0.15) is 0 Å². The number of carbonyl (C=O) groups excluding carboxylic acids is 1. The average Bonchev–Trinajstić information content (AvgIpc) is 2.96. The Morgan fingerprint density at radius 1 is 1.44 bits per heavy atom. The molecule has 0 atom stereocenters. The highest BCUT2D eigenvalue weighted by Gasteiger charge is 2.12. The van der Waals surface area contributed by atoms with Gasteiger partial charge in [-0.1, -0.05) is 29.4 Å². The number of aromatic amines is 1. The number of non-ortho nitro benzene ring substituents is 1. The molecule has 0 spiro atoms. The van der Waals surface area contributed by atoms with E-state index >= 15 is 0 Å². The highest BCUT2D eigenvalue weighted by Crippen LogP contribution is 2.23. The highest BCUT2D eigenvalue weighted by atomic mass is 35.5. The van der Waals surface area contributed by atoms with E-state index < -0.39 is 4.92 Å². The summed E-state index contributed by atoms with van der Waals surface area (Å²) in [5.74, 6) is -0.199. The number of aromatic nitrogens is 3. The van der Waals surface area contributed by atoms with E-state index in [2.05, 4.69) is 20.3 Å². The van der Waals surface area contributed by atoms with Gasteiger partial charge in [0, 0.05) is 18.3 Å². The summed E-state index contributed by atoms with van der Waals surface area (Å²) in [6.07, 6.45) is 1.50. The molecule has 0 aliphatic heterocycles. The van der Waals surface area contributed by atoms with Crippen molar-refractivity contribution < 1.29 is 9.72 Å². The van der Waals surface area contributed by atoms with Crippen molar-refractivity contribution in [3.63, 3.8) is 0 Å². The van der Waals surface area contributed by atoms with Crippen LogP contribution in [-0.2, 0) is 4.79 Å². The third-order valence-electron chi connectivity index (χ3n) is 3.33. The first-order valence-corrected chi connectivity index (χ1v) is 8.47. The molecule has 2 heterocycles. The normalized spacial score (nSPS) is 10.8. The summed E-state index contributed by atoms with van der Waals surface area (Å²) in [6.45, 7) is 1.77. The zero-order valence-electron chi connectivity index (χ0n) is 12.9. The lowest BCUT2D eigenvalue weighted by Crippen LogP contribution is -2.15. The van der Waals surface area contributed by atoms with Gasteiger partial charge in [-0.15, -0.1) is 0 Å². The van der Waals surface area contributed by atoms with Gasteiger partial charge in [-0.05, 0) is 18.6 Å². The number of anilines is 1. The first kappa shape index (κ1) is 17.2. The molecule has 128 valence electrons. The molecule has 1 amide bonds. The number of aryl methyl sites for hydroxylation is 1. The number of benzene rings is 1. The van der Waals surface area contributed by atoms with Crippen LogP contribution in [0.4, 0.5) is 11.4 Å². The summed E-state index contributed by atoms with van der Waals surface area (Å²) < 4.78 is 0. The Morgan fingerprint density at radius 2 is 2.24 bits per heavy atom. The zero-order chi connectivity index (χ0) is 18.0.